The largest absolute Gasteiger partial charge is 0.349 e. The number of benzene rings is 2. The van der Waals surface area contributed by atoms with Crippen molar-refractivity contribution in [1.82, 2.24) is 5.32 Å². The molecule has 3 rings (SSSR count). The van der Waals surface area contributed by atoms with Crippen molar-refractivity contribution in [1.29, 1.82) is 5.26 Å². The summed E-state index contributed by atoms with van der Waals surface area (Å²) >= 11 is 0. The molecule has 0 aliphatic heterocycles. The lowest BCUT2D eigenvalue weighted by atomic mass is 10.0. The van der Waals surface area contributed by atoms with E-state index in [2.05, 4.69) is 5.32 Å². The van der Waals surface area contributed by atoms with Gasteiger partial charge in [-0.25, -0.2) is 0 Å². The van der Waals surface area contributed by atoms with Gasteiger partial charge >= 0.3 is 0 Å². The number of carbonyl (C=O) groups excluding carboxylic acids is 1. The third-order valence-corrected chi connectivity index (χ3v) is 3.40. The molecule has 1 fully saturated rings. The summed E-state index contributed by atoms with van der Waals surface area (Å²) in [7, 11) is 0. The Bertz CT molecular complexity index is 731. The maximum Gasteiger partial charge on any atom is 0.262 e. The highest BCUT2D eigenvalue weighted by atomic mass is 16.1. The van der Waals surface area contributed by atoms with Gasteiger partial charge in [0.2, 0.25) is 0 Å². The summed E-state index contributed by atoms with van der Waals surface area (Å²) in [6.07, 6.45) is 3.69. The predicted molar refractivity (Wildman–Crippen MR) is 78.7 cm³/mol. The molecule has 2 aromatic rings. The minimum absolute atomic E-state index is 0.160. The number of hydrogen-bond acceptors (Lipinski definition) is 2. The smallest absolute Gasteiger partial charge is 0.262 e. The zero-order valence-electron chi connectivity index (χ0n) is 11.0. The third kappa shape index (κ3) is 2.55. The Labute approximate surface area is 117 Å². The minimum atomic E-state index is -0.275. The van der Waals surface area contributed by atoms with Crippen molar-refractivity contribution >= 4 is 22.8 Å². The first-order valence-corrected chi connectivity index (χ1v) is 6.68. The summed E-state index contributed by atoms with van der Waals surface area (Å²) < 4.78 is 0. The lowest BCUT2D eigenvalue weighted by Gasteiger charge is -2.04. The Morgan fingerprint density at radius 3 is 2.70 bits per heavy atom. The molecule has 0 aromatic heterocycles. The molecule has 0 saturated heterocycles. The summed E-state index contributed by atoms with van der Waals surface area (Å²) in [6.45, 7) is 0. The number of carbonyl (C=O) groups is 1. The fourth-order valence-corrected chi connectivity index (χ4v) is 2.17. The van der Waals surface area contributed by atoms with Crippen LogP contribution < -0.4 is 5.32 Å². The molecule has 1 N–H and O–H groups in total. The van der Waals surface area contributed by atoms with E-state index < -0.39 is 0 Å². The zero-order chi connectivity index (χ0) is 13.9. The lowest BCUT2D eigenvalue weighted by Crippen LogP contribution is -2.26. The third-order valence-electron chi connectivity index (χ3n) is 3.40. The quantitative estimate of drug-likeness (QED) is 0.682. The number of hydrogen-bond donors (Lipinski definition) is 1. The Hall–Kier alpha value is -2.60. The van der Waals surface area contributed by atoms with Crippen LogP contribution in [0.2, 0.25) is 0 Å². The zero-order valence-corrected chi connectivity index (χ0v) is 11.0. The average molecular weight is 262 g/mol. The number of amides is 1. The normalized spacial score (nSPS) is 14.8. The Kier molecular flexibility index (Phi) is 3.22. The summed E-state index contributed by atoms with van der Waals surface area (Å²) in [6, 6.07) is 16.1. The molecule has 1 aliphatic carbocycles. The Morgan fingerprint density at radius 2 is 1.95 bits per heavy atom. The van der Waals surface area contributed by atoms with Crippen molar-refractivity contribution in [2.45, 2.75) is 18.9 Å². The maximum absolute atomic E-state index is 12.0. The summed E-state index contributed by atoms with van der Waals surface area (Å²) in [5.74, 6) is -0.275. The fraction of sp³-hybridized carbons (Fsp3) is 0.176. The van der Waals surface area contributed by atoms with Crippen molar-refractivity contribution in [2.75, 3.05) is 0 Å². The summed E-state index contributed by atoms with van der Waals surface area (Å²) in [4.78, 5) is 12.0. The van der Waals surface area contributed by atoms with Crippen LogP contribution in [0.1, 0.15) is 18.4 Å². The van der Waals surface area contributed by atoms with Gasteiger partial charge in [0.1, 0.15) is 11.6 Å². The Balaban J connectivity index is 1.99. The molecule has 0 atom stereocenters. The first-order valence-electron chi connectivity index (χ1n) is 6.68. The van der Waals surface area contributed by atoms with Crippen LogP contribution in [0.5, 0.6) is 0 Å². The van der Waals surface area contributed by atoms with E-state index in [0.29, 0.717) is 0 Å². The van der Waals surface area contributed by atoms with E-state index in [-0.39, 0.29) is 17.5 Å². The number of nitrogens with one attached hydrogen (secondary N) is 1. The van der Waals surface area contributed by atoms with Gasteiger partial charge in [0.25, 0.3) is 5.91 Å². The molecule has 1 amide bonds. The molecule has 3 nitrogen and oxygen atoms in total. The average Bonchev–Trinajstić information content (AvgIpc) is 3.28. The van der Waals surface area contributed by atoms with Crippen LogP contribution in [0.4, 0.5) is 0 Å². The highest BCUT2D eigenvalue weighted by Gasteiger charge is 2.24. The van der Waals surface area contributed by atoms with Crippen LogP contribution in [0.3, 0.4) is 0 Å². The highest BCUT2D eigenvalue weighted by molar-refractivity contribution is 6.04. The highest BCUT2D eigenvalue weighted by Crippen LogP contribution is 2.22. The van der Waals surface area contributed by atoms with Crippen LogP contribution in [0.25, 0.3) is 16.8 Å². The standard InChI is InChI=1S/C17H14N2O/c18-11-14(17(20)19-15-8-9-15)10-13-6-3-5-12-4-1-2-7-16(12)13/h1-7,10,15H,8-9H2,(H,19,20). The van der Waals surface area contributed by atoms with E-state index in [1.807, 2.05) is 48.5 Å². The number of nitriles is 1. The molecule has 0 heterocycles. The summed E-state index contributed by atoms with van der Waals surface area (Å²) in [5, 5.41) is 14.2. The molecule has 0 radical (unpaired) electrons. The van der Waals surface area contributed by atoms with Crippen molar-refractivity contribution < 1.29 is 4.79 Å². The van der Waals surface area contributed by atoms with Gasteiger partial charge in [-0.1, -0.05) is 42.5 Å². The van der Waals surface area contributed by atoms with E-state index in [0.717, 1.165) is 29.2 Å². The van der Waals surface area contributed by atoms with E-state index in [4.69, 9.17) is 0 Å². The molecule has 2 aromatic carbocycles. The van der Waals surface area contributed by atoms with Gasteiger partial charge in [0.15, 0.2) is 0 Å². The van der Waals surface area contributed by atoms with Crippen LogP contribution in [0, 0.1) is 11.3 Å². The van der Waals surface area contributed by atoms with Gasteiger partial charge in [0.05, 0.1) is 0 Å². The van der Waals surface area contributed by atoms with Gasteiger partial charge in [-0.05, 0) is 35.3 Å². The molecule has 1 saturated carbocycles. The van der Waals surface area contributed by atoms with E-state index in [1.165, 1.54) is 0 Å². The minimum Gasteiger partial charge on any atom is -0.349 e. The van der Waals surface area contributed by atoms with Crippen molar-refractivity contribution in [2.24, 2.45) is 0 Å². The van der Waals surface area contributed by atoms with E-state index in [9.17, 15) is 10.1 Å². The van der Waals surface area contributed by atoms with Gasteiger partial charge < -0.3 is 5.32 Å². The van der Waals surface area contributed by atoms with Crippen LogP contribution >= 0.6 is 0 Å². The number of fused-ring (bicyclic) bond motifs is 1. The van der Waals surface area contributed by atoms with Gasteiger partial charge in [0, 0.05) is 6.04 Å². The SMILES string of the molecule is N#CC(=Cc1cccc2ccccc12)C(=O)NC1CC1. The van der Waals surface area contributed by atoms with E-state index >= 15 is 0 Å². The van der Waals surface area contributed by atoms with Gasteiger partial charge in [-0.15, -0.1) is 0 Å². The van der Waals surface area contributed by atoms with E-state index in [1.54, 1.807) is 6.08 Å². The van der Waals surface area contributed by atoms with Crippen molar-refractivity contribution in [3.63, 3.8) is 0 Å². The van der Waals surface area contributed by atoms with Crippen molar-refractivity contribution in [3.8, 4) is 6.07 Å². The first-order chi connectivity index (χ1) is 9.78. The molecule has 1 aliphatic rings. The first kappa shape index (κ1) is 12.4. The molecule has 3 heteroatoms. The maximum atomic E-state index is 12.0. The molecule has 0 bridgehead atoms. The molecule has 0 unspecified atom stereocenters. The second-order valence-corrected chi connectivity index (χ2v) is 4.99. The van der Waals surface area contributed by atoms with Crippen LogP contribution in [-0.2, 0) is 4.79 Å². The second-order valence-electron chi connectivity index (χ2n) is 4.99. The summed E-state index contributed by atoms with van der Waals surface area (Å²) in [5.41, 5.74) is 1.05. The monoisotopic (exact) mass is 262 g/mol. The predicted octanol–water partition coefficient (Wildman–Crippen LogP) is 3.03. The van der Waals surface area contributed by atoms with Gasteiger partial charge in [-0.3, -0.25) is 4.79 Å². The van der Waals surface area contributed by atoms with Gasteiger partial charge in [-0.2, -0.15) is 5.26 Å². The molecule has 98 valence electrons. The Morgan fingerprint density at radius 1 is 1.20 bits per heavy atom. The molecular formula is C17H14N2O. The number of rotatable bonds is 3. The molecule has 20 heavy (non-hydrogen) atoms. The van der Waals surface area contributed by atoms with Crippen LogP contribution in [-0.4, -0.2) is 11.9 Å². The van der Waals surface area contributed by atoms with Crippen LogP contribution in [0.15, 0.2) is 48.0 Å². The number of nitrogens with zero attached hydrogens (tertiary/aromatic N) is 1. The lowest BCUT2D eigenvalue weighted by molar-refractivity contribution is -0.117. The topological polar surface area (TPSA) is 52.9 Å². The fourth-order valence-electron chi connectivity index (χ4n) is 2.17. The molecule has 0 spiro atoms. The second kappa shape index (κ2) is 5.18. The molecular weight excluding hydrogens is 248 g/mol. The van der Waals surface area contributed by atoms with Crippen molar-refractivity contribution in [3.05, 3.63) is 53.6 Å².